The molecular formula is C16H20N2O5S. The number of carbonyl (C=O) groups excluding carboxylic acids is 2. The Balaban J connectivity index is 2.19. The molecule has 0 unspecified atom stereocenters. The molecule has 0 aliphatic carbocycles. The Hall–Kier alpha value is -2.19. The van der Waals surface area contributed by atoms with Crippen molar-refractivity contribution < 1.29 is 22.6 Å². The molecule has 1 aliphatic heterocycles. The third kappa shape index (κ3) is 4.42. The topological polar surface area (TPSA) is 95.0 Å². The summed E-state index contributed by atoms with van der Waals surface area (Å²) >= 11 is 0. The summed E-state index contributed by atoms with van der Waals surface area (Å²) < 4.78 is 30.3. The fourth-order valence-electron chi connectivity index (χ4n) is 2.74. The summed E-state index contributed by atoms with van der Waals surface area (Å²) in [5.41, 5.74) is 2.28. The fourth-order valence-corrected chi connectivity index (χ4v) is 3.23. The summed E-state index contributed by atoms with van der Waals surface area (Å²) in [6, 6.07) is 5.40. The van der Waals surface area contributed by atoms with E-state index in [1.54, 1.807) is 24.4 Å². The lowest BCUT2D eigenvalue weighted by atomic mass is 10.0. The maximum atomic E-state index is 11.8. The zero-order chi connectivity index (χ0) is 17.9. The highest BCUT2D eigenvalue weighted by Gasteiger charge is 2.22. The van der Waals surface area contributed by atoms with Gasteiger partial charge in [0.1, 0.15) is 0 Å². The molecule has 0 saturated heterocycles. The van der Waals surface area contributed by atoms with E-state index in [0.29, 0.717) is 25.2 Å². The van der Waals surface area contributed by atoms with Crippen LogP contribution in [0.25, 0.3) is 6.08 Å². The Labute approximate surface area is 141 Å². The van der Waals surface area contributed by atoms with Gasteiger partial charge in [0.05, 0.1) is 11.4 Å². The summed E-state index contributed by atoms with van der Waals surface area (Å²) in [5, 5.41) is 0. The number of benzene rings is 1. The van der Waals surface area contributed by atoms with Crippen molar-refractivity contribution in [3.8, 4) is 0 Å². The molecule has 1 heterocycles. The summed E-state index contributed by atoms with van der Waals surface area (Å²) in [6.45, 7) is 3.70. The van der Waals surface area contributed by atoms with Crippen LogP contribution in [-0.4, -0.2) is 42.0 Å². The predicted molar refractivity (Wildman–Crippen MR) is 90.8 cm³/mol. The van der Waals surface area contributed by atoms with Gasteiger partial charge in [-0.05, 0) is 24.1 Å². The van der Waals surface area contributed by atoms with Gasteiger partial charge in [0, 0.05) is 38.7 Å². The molecule has 0 aromatic heterocycles. The summed E-state index contributed by atoms with van der Waals surface area (Å²) in [6.07, 6.45) is 3.92. The van der Waals surface area contributed by atoms with Gasteiger partial charge in [-0.15, -0.1) is 0 Å². The van der Waals surface area contributed by atoms with Crippen molar-refractivity contribution in [2.75, 3.05) is 17.2 Å². The van der Waals surface area contributed by atoms with Gasteiger partial charge in [-0.25, -0.2) is 0 Å². The second-order valence-corrected chi connectivity index (χ2v) is 7.22. The Morgan fingerprint density at radius 2 is 1.92 bits per heavy atom. The average Bonchev–Trinajstić information content (AvgIpc) is 2.45. The first-order valence-corrected chi connectivity index (χ1v) is 9.10. The first kappa shape index (κ1) is 18.2. The average molecular weight is 352 g/mol. The molecule has 0 radical (unpaired) electrons. The standard InChI is InChI=1S/C16H20N2O5S/c1-12(19)18(13(2)20)16-6-3-5-14-11-17(9-7-15(14)16)8-4-10-24(21,22)23/h3,5-7,9H,4,8,10-11H2,1-2H3,(H,21,22,23). The summed E-state index contributed by atoms with van der Waals surface area (Å²) in [4.78, 5) is 26.6. The second kappa shape index (κ2) is 7.14. The number of hydrogen-bond acceptors (Lipinski definition) is 5. The van der Waals surface area contributed by atoms with Crippen LogP contribution in [-0.2, 0) is 26.3 Å². The van der Waals surface area contributed by atoms with Crippen LogP contribution in [0, 0.1) is 0 Å². The lowest BCUT2D eigenvalue weighted by molar-refractivity contribution is -0.124. The van der Waals surface area contributed by atoms with Crippen LogP contribution in [0.3, 0.4) is 0 Å². The number of anilines is 1. The van der Waals surface area contributed by atoms with Crippen LogP contribution >= 0.6 is 0 Å². The van der Waals surface area contributed by atoms with Crippen LogP contribution in [0.5, 0.6) is 0 Å². The normalized spacial score (nSPS) is 13.5. The number of carbonyl (C=O) groups is 2. The number of amides is 2. The van der Waals surface area contributed by atoms with E-state index in [4.69, 9.17) is 4.55 Å². The molecule has 0 spiro atoms. The van der Waals surface area contributed by atoms with Gasteiger partial charge in [0.15, 0.2) is 0 Å². The van der Waals surface area contributed by atoms with Crippen molar-refractivity contribution in [3.63, 3.8) is 0 Å². The van der Waals surface area contributed by atoms with Crippen molar-refractivity contribution in [1.29, 1.82) is 0 Å². The lowest BCUT2D eigenvalue weighted by Gasteiger charge is -2.28. The Morgan fingerprint density at radius 1 is 1.25 bits per heavy atom. The second-order valence-electron chi connectivity index (χ2n) is 5.65. The summed E-state index contributed by atoms with van der Waals surface area (Å²) in [7, 11) is -3.95. The molecule has 0 atom stereocenters. The van der Waals surface area contributed by atoms with E-state index in [1.165, 1.54) is 13.8 Å². The highest BCUT2D eigenvalue weighted by Crippen LogP contribution is 2.30. The van der Waals surface area contributed by atoms with Crippen LogP contribution in [0.1, 0.15) is 31.4 Å². The molecule has 8 heteroatoms. The molecule has 130 valence electrons. The first-order valence-electron chi connectivity index (χ1n) is 7.49. The molecule has 1 N–H and O–H groups in total. The van der Waals surface area contributed by atoms with E-state index < -0.39 is 10.1 Å². The van der Waals surface area contributed by atoms with Crippen LogP contribution in [0.15, 0.2) is 24.4 Å². The zero-order valence-electron chi connectivity index (χ0n) is 13.6. The minimum atomic E-state index is -3.95. The van der Waals surface area contributed by atoms with Crippen molar-refractivity contribution in [2.24, 2.45) is 0 Å². The SMILES string of the molecule is CC(=O)N(C(C)=O)c1cccc2c1C=CN(CCCS(=O)(=O)O)C2. The molecule has 24 heavy (non-hydrogen) atoms. The maximum absolute atomic E-state index is 11.8. The van der Waals surface area contributed by atoms with E-state index in [2.05, 4.69) is 0 Å². The van der Waals surface area contributed by atoms with E-state index in [-0.39, 0.29) is 17.6 Å². The molecule has 2 amide bonds. The molecule has 0 fully saturated rings. The third-order valence-electron chi connectivity index (χ3n) is 3.72. The van der Waals surface area contributed by atoms with Crippen molar-refractivity contribution in [2.45, 2.75) is 26.8 Å². The molecule has 0 saturated carbocycles. The molecule has 1 aromatic carbocycles. The minimum Gasteiger partial charge on any atom is -0.373 e. The van der Waals surface area contributed by atoms with Gasteiger partial charge < -0.3 is 4.90 Å². The van der Waals surface area contributed by atoms with Gasteiger partial charge in [-0.1, -0.05) is 12.1 Å². The maximum Gasteiger partial charge on any atom is 0.264 e. The van der Waals surface area contributed by atoms with E-state index >= 15 is 0 Å². The smallest absolute Gasteiger partial charge is 0.264 e. The third-order valence-corrected chi connectivity index (χ3v) is 4.52. The first-order chi connectivity index (χ1) is 11.2. The molecular weight excluding hydrogens is 332 g/mol. The molecule has 0 bridgehead atoms. The zero-order valence-corrected chi connectivity index (χ0v) is 14.4. The summed E-state index contributed by atoms with van der Waals surface area (Å²) in [5.74, 6) is -0.980. The number of nitrogens with zero attached hydrogens (tertiary/aromatic N) is 2. The largest absolute Gasteiger partial charge is 0.373 e. The van der Waals surface area contributed by atoms with Crippen molar-refractivity contribution >= 4 is 33.7 Å². The number of hydrogen-bond donors (Lipinski definition) is 1. The van der Waals surface area contributed by atoms with Crippen molar-refractivity contribution in [1.82, 2.24) is 4.90 Å². The molecule has 2 rings (SSSR count). The van der Waals surface area contributed by atoms with Gasteiger partial charge in [0.2, 0.25) is 11.8 Å². The lowest BCUT2D eigenvalue weighted by Crippen LogP contribution is -2.34. The van der Waals surface area contributed by atoms with Crippen LogP contribution in [0.4, 0.5) is 5.69 Å². The Kier molecular flexibility index (Phi) is 5.40. The quantitative estimate of drug-likeness (QED) is 0.810. The monoisotopic (exact) mass is 352 g/mol. The van der Waals surface area contributed by atoms with Crippen molar-refractivity contribution in [3.05, 3.63) is 35.5 Å². The van der Waals surface area contributed by atoms with Crippen LogP contribution in [0.2, 0.25) is 0 Å². The molecule has 1 aromatic rings. The van der Waals surface area contributed by atoms with E-state index in [0.717, 1.165) is 16.0 Å². The van der Waals surface area contributed by atoms with Gasteiger partial charge >= 0.3 is 0 Å². The van der Waals surface area contributed by atoms with Crippen LogP contribution < -0.4 is 4.90 Å². The number of imide groups is 1. The highest BCUT2D eigenvalue weighted by atomic mass is 32.2. The number of rotatable bonds is 5. The van der Waals surface area contributed by atoms with Gasteiger partial charge in [0.25, 0.3) is 10.1 Å². The fraction of sp³-hybridized carbons (Fsp3) is 0.375. The molecule has 7 nitrogen and oxygen atoms in total. The highest BCUT2D eigenvalue weighted by molar-refractivity contribution is 7.85. The van der Waals surface area contributed by atoms with Gasteiger partial charge in [-0.2, -0.15) is 8.42 Å². The van der Waals surface area contributed by atoms with Gasteiger partial charge in [-0.3, -0.25) is 19.0 Å². The Morgan fingerprint density at radius 3 is 2.50 bits per heavy atom. The molecule has 1 aliphatic rings. The Bertz CT molecular complexity index is 772. The van der Waals surface area contributed by atoms with E-state index in [9.17, 15) is 18.0 Å². The number of fused-ring (bicyclic) bond motifs is 1. The minimum absolute atomic E-state index is 0.285. The van der Waals surface area contributed by atoms with E-state index in [1.807, 2.05) is 11.0 Å². The predicted octanol–water partition coefficient (Wildman–Crippen LogP) is 1.65.